The molecule has 0 spiro atoms. The number of fused-ring (bicyclic) bond motifs is 1. The molecule has 0 saturated heterocycles. The van der Waals surface area contributed by atoms with Crippen LogP contribution in [0.15, 0.2) is 12.1 Å². The Bertz CT molecular complexity index is 353. The molecule has 2 nitrogen and oxygen atoms in total. The summed E-state index contributed by atoms with van der Waals surface area (Å²) >= 11 is 0. The van der Waals surface area contributed by atoms with Crippen LogP contribution in [0.1, 0.15) is 27.9 Å². The summed E-state index contributed by atoms with van der Waals surface area (Å²) in [6.07, 6.45) is 1.38. The van der Waals surface area contributed by atoms with Gasteiger partial charge in [0.05, 0.1) is 0 Å². The maximum absolute atomic E-state index is 11.3. The summed E-state index contributed by atoms with van der Waals surface area (Å²) in [6, 6.07) is 3.33. The lowest BCUT2D eigenvalue weighted by molar-refractivity contribution is 0.0994. The maximum atomic E-state index is 11.3. The van der Waals surface area contributed by atoms with Gasteiger partial charge in [-0.15, -0.1) is 0 Å². The van der Waals surface area contributed by atoms with E-state index in [-0.39, 0.29) is 11.5 Å². The highest BCUT2D eigenvalue weighted by atomic mass is 16.3. The fourth-order valence-corrected chi connectivity index (χ4v) is 1.81. The van der Waals surface area contributed by atoms with Crippen LogP contribution in [0.4, 0.5) is 0 Å². The average molecular weight is 162 g/mol. The van der Waals surface area contributed by atoms with Crippen LogP contribution in [0.2, 0.25) is 0 Å². The fourth-order valence-electron chi connectivity index (χ4n) is 1.81. The molecular formula is C10H10O2. The van der Waals surface area contributed by atoms with Gasteiger partial charge in [-0.2, -0.15) is 0 Å². The molecule has 62 valence electrons. The Hall–Kier alpha value is -1.31. The zero-order chi connectivity index (χ0) is 8.72. The van der Waals surface area contributed by atoms with Gasteiger partial charge in [-0.1, -0.05) is 0 Å². The van der Waals surface area contributed by atoms with Crippen LogP contribution in [0.5, 0.6) is 5.75 Å². The van der Waals surface area contributed by atoms with E-state index in [4.69, 9.17) is 0 Å². The average Bonchev–Trinajstić information content (AvgIpc) is 2.31. The van der Waals surface area contributed by atoms with E-state index in [1.165, 1.54) is 0 Å². The molecule has 1 aromatic carbocycles. The topological polar surface area (TPSA) is 37.3 Å². The number of hydrogen-bond acceptors (Lipinski definition) is 2. The number of phenolic OH excluding ortho intramolecular Hbond substituents is 1. The molecule has 0 atom stereocenters. The Balaban J connectivity index is 2.68. The third-order valence-corrected chi connectivity index (χ3v) is 2.30. The first-order chi connectivity index (χ1) is 5.68. The van der Waals surface area contributed by atoms with Crippen LogP contribution < -0.4 is 0 Å². The number of hydrogen-bond donors (Lipinski definition) is 1. The molecule has 2 rings (SSSR count). The first kappa shape index (κ1) is 7.35. The van der Waals surface area contributed by atoms with Crippen LogP contribution in [-0.4, -0.2) is 10.9 Å². The lowest BCUT2D eigenvalue weighted by atomic mass is 10.0. The Morgan fingerprint density at radius 3 is 2.83 bits per heavy atom. The van der Waals surface area contributed by atoms with Crippen molar-refractivity contribution < 1.29 is 9.90 Å². The third-order valence-electron chi connectivity index (χ3n) is 2.30. The van der Waals surface area contributed by atoms with E-state index >= 15 is 0 Å². The lowest BCUT2D eigenvalue weighted by Gasteiger charge is -2.02. The van der Waals surface area contributed by atoms with E-state index < -0.39 is 0 Å². The van der Waals surface area contributed by atoms with Crippen molar-refractivity contribution in [3.05, 3.63) is 28.8 Å². The van der Waals surface area contributed by atoms with Gasteiger partial charge in [0.25, 0.3) is 0 Å². The van der Waals surface area contributed by atoms with Crippen molar-refractivity contribution in [3.8, 4) is 5.75 Å². The summed E-state index contributed by atoms with van der Waals surface area (Å²) in [5.41, 5.74) is 2.72. The van der Waals surface area contributed by atoms with Crippen molar-refractivity contribution in [2.24, 2.45) is 0 Å². The van der Waals surface area contributed by atoms with Crippen molar-refractivity contribution in [1.29, 1.82) is 0 Å². The van der Waals surface area contributed by atoms with Crippen LogP contribution in [0.3, 0.4) is 0 Å². The smallest absolute Gasteiger partial charge is 0.163 e. The number of benzene rings is 1. The van der Waals surface area contributed by atoms with Crippen LogP contribution in [0, 0.1) is 6.92 Å². The zero-order valence-electron chi connectivity index (χ0n) is 6.92. The standard InChI is InChI=1S/C10H10O2/c1-6-4-8(11)5-7-2-3-9(12)10(6)7/h4-5,11H,2-3H2,1H3. The maximum Gasteiger partial charge on any atom is 0.163 e. The molecule has 0 heterocycles. The molecule has 0 aromatic heterocycles. The van der Waals surface area contributed by atoms with Gasteiger partial charge in [0.15, 0.2) is 5.78 Å². The van der Waals surface area contributed by atoms with E-state index in [1.807, 2.05) is 6.92 Å². The molecular weight excluding hydrogens is 152 g/mol. The van der Waals surface area contributed by atoms with Crippen molar-refractivity contribution in [1.82, 2.24) is 0 Å². The Labute approximate surface area is 70.8 Å². The van der Waals surface area contributed by atoms with E-state index in [0.29, 0.717) is 6.42 Å². The van der Waals surface area contributed by atoms with Crippen LogP contribution in [0.25, 0.3) is 0 Å². The quantitative estimate of drug-likeness (QED) is 0.631. The second kappa shape index (κ2) is 2.34. The Morgan fingerprint density at radius 1 is 1.33 bits per heavy atom. The predicted octanol–water partition coefficient (Wildman–Crippen LogP) is 1.83. The molecule has 12 heavy (non-hydrogen) atoms. The first-order valence-electron chi connectivity index (χ1n) is 4.04. The molecule has 0 radical (unpaired) electrons. The van der Waals surface area contributed by atoms with Crippen molar-refractivity contribution >= 4 is 5.78 Å². The molecule has 0 aliphatic heterocycles. The predicted molar refractivity (Wildman–Crippen MR) is 45.5 cm³/mol. The minimum absolute atomic E-state index is 0.211. The molecule has 0 amide bonds. The van der Waals surface area contributed by atoms with E-state index in [0.717, 1.165) is 23.1 Å². The number of phenols is 1. The third kappa shape index (κ3) is 0.916. The number of carbonyl (C=O) groups is 1. The summed E-state index contributed by atoms with van der Waals surface area (Å²) in [5, 5.41) is 9.25. The van der Waals surface area contributed by atoms with Gasteiger partial charge in [-0.25, -0.2) is 0 Å². The van der Waals surface area contributed by atoms with Gasteiger partial charge in [0.1, 0.15) is 5.75 Å². The number of rotatable bonds is 0. The van der Waals surface area contributed by atoms with Crippen molar-refractivity contribution in [3.63, 3.8) is 0 Å². The highest BCUT2D eigenvalue weighted by Gasteiger charge is 2.21. The fraction of sp³-hybridized carbons (Fsp3) is 0.300. The molecule has 2 heteroatoms. The van der Waals surface area contributed by atoms with Gasteiger partial charge in [-0.05, 0) is 36.6 Å². The number of carbonyl (C=O) groups excluding carboxylic acids is 1. The molecule has 1 aliphatic rings. The molecule has 1 N–H and O–H groups in total. The molecule has 0 fully saturated rings. The van der Waals surface area contributed by atoms with Gasteiger partial charge >= 0.3 is 0 Å². The normalized spacial score (nSPS) is 14.9. The monoisotopic (exact) mass is 162 g/mol. The van der Waals surface area contributed by atoms with E-state index in [2.05, 4.69) is 0 Å². The summed E-state index contributed by atoms with van der Waals surface area (Å²) in [4.78, 5) is 11.3. The summed E-state index contributed by atoms with van der Waals surface area (Å²) in [5.74, 6) is 0.475. The Morgan fingerprint density at radius 2 is 2.08 bits per heavy atom. The number of aryl methyl sites for hydroxylation is 2. The molecule has 1 aromatic rings. The Kier molecular flexibility index (Phi) is 1.43. The highest BCUT2D eigenvalue weighted by Crippen LogP contribution is 2.28. The van der Waals surface area contributed by atoms with E-state index in [9.17, 15) is 9.90 Å². The SMILES string of the molecule is Cc1cc(O)cc2c1C(=O)CC2. The van der Waals surface area contributed by atoms with Gasteiger partial charge in [-0.3, -0.25) is 4.79 Å². The van der Waals surface area contributed by atoms with Gasteiger partial charge < -0.3 is 5.11 Å². The summed E-state index contributed by atoms with van der Waals surface area (Å²) in [7, 11) is 0. The minimum atomic E-state index is 0.211. The number of ketones is 1. The van der Waals surface area contributed by atoms with Gasteiger partial charge in [0, 0.05) is 12.0 Å². The molecule has 0 unspecified atom stereocenters. The largest absolute Gasteiger partial charge is 0.508 e. The van der Waals surface area contributed by atoms with Crippen molar-refractivity contribution in [2.45, 2.75) is 19.8 Å². The molecule has 1 aliphatic carbocycles. The summed E-state index contributed by atoms with van der Waals surface area (Å²) in [6.45, 7) is 1.86. The number of aromatic hydroxyl groups is 1. The van der Waals surface area contributed by atoms with Crippen LogP contribution >= 0.6 is 0 Å². The molecule has 0 saturated carbocycles. The minimum Gasteiger partial charge on any atom is -0.508 e. The van der Waals surface area contributed by atoms with Crippen molar-refractivity contribution in [2.75, 3.05) is 0 Å². The second-order valence-electron chi connectivity index (χ2n) is 3.22. The first-order valence-corrected chi connectivity index (χ1v) is 4.04. The number of Topliss-reactive ketones (excluding diaryl/α,β-unsaturated/α-hetero) is 1. The second-order valence-corrected chi connectivity index (χ2v) is 3.22. The lowest BCUT2D eigenvalue weighted by Crippen LogP contribution is -1.94. The molecule has 0 bridgehead atoms. The zero-order valence-corrected chi connectivity index (χ0v) is 6.92. The summed E-state index contributed by atoms with van der Waals surface area (Å²) < 4.78 is 0. The van der Waals surface area contributed by atoms with Crippen LogP contribution in [-0.2, 0) is 6.42 Å². The highest BCUT2D eigenvalue weighted by molar-refractivity contribution is 6.01. The van der Waals surface area contributed by atoms with Gasteiger partial charge in [0.2, 0.25) is 0 Å². The van der Waals surface area contributed by atoms with E-state index in [1.54, 1.807) is 12.1 Å².